The maximum atomic E-state index is 5.63. The fraction of sp³-hybridized carbons (Fsp3) is 0.778. The lowest BCUT2D eigenvalue weighted by Crippen LogP contribution is -2.55. The van der Waals surface area contributed by atoms with Crippen LogP contribution in [0.25, 0.3) is 0 Å². The van der Waals surface area contributed by atoms with Crippen molar-refractivity contribution in [2.75, 3.05) is 13.1 Å². The molecular weight excluding hydrogens is 152 g/mol. The fourth-order valence-corrected chi connectivity index (χ4v) is 1.13. The van der Waals surface area contributed by atoms with Gasteiger partial charge in [-0.05, 0) is 27.4 Å². The van der Waals surface area contributed by atoms with Gasteiger partial charge in [0.15, 0.2) is 5.88 Å². The van der Waals surface area contributed by atoms with Gasteiger partial charge in [0.1, 0.15) is 5.60 Å². The summed E-state index contributed by atoms with van der Waals surface area (Å²) in [5.74, 6) is 0.740. The smallest absolute Gasteiger partial charge is 0.182 e. The predicted molar refractivity (Wildman–Crippen MR) is 49.5 cm³/mol. The van der Waals surface area contributed by atoms with E-state index in [-0.39, 0.29) is 5.60 Å². The lowest BCUT2D eigenvalue weighted by atomic mass is 10.1. The second kappa shape index (κ2) is 2.98. The Balaban J connectivity index is 2.30. The normalized spacial score (nSPS) is 18.8. The van der Waals surface area contributed by atoms with Gasteiger partial charge >= 0.3 is 0 Å². The molecule has 0 spiro atoms. The number of hydrogen-bond acceptors (Lipinski definition) is 3. The van der Waals surface area contributed by atoms with Crippen LogP contribution in [0.3, 0.4) is 0 Å². The topological polar surface area (TPSA) is 38.5 Å². The average molecular weight is 170 g/mol. The maximum absolute atomic E-state index is 5.63. The Bertz CT molecular complexity index is 177. The van der Waals surface area contributed by atoms with Gasteiger partial charge in [0.25, 0.3) is 0 Å². The Labute approximate surface area is 74.2 Å². The van der Waals surface area contributed by atoms with Crippen molar-refractivity contribution in [1.29, 1.82) is 0 Å². The summed E-state index contributed by atoms with van der Waals surface area (Å²) < 4.78 is 5.57. The van der Waals surface area contributed by atoms with Crippen molar-refractivity contribution in [3.63, 3.8) is 0 Å². The highest BCUT2D eigenvalue weighted by molar-refractivity contribution is 4.96. The first kappa shape index (κ1) is 9.39. The molecule has 12 heavy (non-hydrogen) atoms. The van der Waals surface area contributed by atoms with Crippen LogP contribution in [0.5, 0.6) is 0 Å². The minimum absolute atomic E-state index is 0.156. The summed E-state index contributed by atoms with van der Waals surface area (Å²) in [4.78, 5) is 2.05. The molecule has 0 saturated carbocycles. The van der Waals surface area contributed by atoms with E-state index in [1.54, 1.807) is 0 Å². The van der Waals surface area contributed by atoms with E-state index >= 15 is 0 Å². The van der Waals surface area contributed by atoms with E-state index in [9.17, 15) is 0 Å². The van der Waals surface area contributed by atoms with Crippen LogP contribution in [0.2, 0.25) is 0 Å². The molecule has 0 amide bonds. The molecular formula is C9H18N2O. The third-order valence-electron chi connectivity index (χ3n) is 1.69. The maximum Gasteiger partial charge on any atom is 0.182 e. The van der Waals surface area contributed by atoms with Gasteiger partial charge in [-0.25, -0.2) is 0 Å². The van der Waals surface area contributed by atoms with Gasteiger partial charge < -0.3 is 15.4 Å². The van der Waals surface area contributed by atoms with Crippen molar-refractivity contribution in [2.24, 2.45) is 5.73 Å². The molecule has 0 aliphatic carbocycles. The number of nitrogens with zero attached hydrogens (tertiary/aromatic N) is 1. The Hall–Kier alpha value is -0.700. The molecule has 1 aliphatic rings. The Morgan fingerprint density at radius 2 is 2.00 bits per heavy atom. The number of rotatable bonds is 2. The van der Waals surface area contributed by atoms with E-state index in [0.29, 0.717) is 6.04 Å². The van der Waals surface area contributed by atoms with Crippen molar-refractivity contribution in [3.05, 3.63) is 12.5 Å². The van der Waals surface area contributed by atoms with E-state index in [4.69, 9.17) is 10.5 Å². The zero-order valence-electron chi connectivity index (χ0n) is 8.13. The number of nitrogens with two attached hydrogens (primary N) is 1. The zero-order chi connectivity index (χ0) is 9.35. The Morgan fingerprint density at radius 1 is 1.50 bits per heavy atom. The second-order valence-corrected chi connectivity index (χ2v) is 4.27. The minimum Gasteiger partial charge on any atom is -0.474 e. The highest BCUT2D eigenvalue weighted by atomic mass is 16.5. The summed E-state index contributed by atoms with van der Waals surface area (Å²) in [6, 6.07) is 0.297. The summed E-state index contributed by atoms with van der Waals surface area (Å²) in [5, 5.41) is 0. The molecule has 0 aromatic carbocycles. The average Bonchev–Trinajstić information content (AvgIpc) is 1.76. The fourth-order valence-electron chi connectivity index (χ4n) is 1.13. The van der Waals surface area contributed by atoms with Gasteiger partial charge in [0.2, 0.25) is 0 Å². The quantitative estimate of drug-likeness (QED) is 0.626. The van der Waals surface area contributed by atoms with Gasteiger partial charge in [-0.1, -0.05) is 0 Å². The molecule has 1 rings (SSSR count). The molecule has 3 nitrogen and oxygen atoms in total. The molecule has 0 unspecified atom stereocenters. The Morgan fingerprint density at radius 3 is 2.33 bits per heavy atom. The third-order valence-corrected chi connectivity index (χ3v) is 1.69. The number of hydrogen-bond donors (Lipinski definition) is 1. The lowest BCUT2D eigenvalue weighted by molar-refractivity contribution is -0.0181. The summed E-state index contributed by atoms with van der Waals surface area (Å²) >= 11 is 0. The van der Waals surface area contributed by atoms with E-state index < -0.39 is 0 Å². The van der Waals surface area contributed by atoms with Crippen LogP contribution in [0.4, 0.5) is 0 Å². The summed E-state index contributed by atoms with van der Waals surface area (Å²) in [6.07, 6.45) is 0. The molecule has 3 heteroatoms. The van der Waals surface area contributed by atoms with Crippen LogP contribution >= 0.6 is 0 Å². The van der Waals surface area contributed by atoms with Gasteiger partial charge in [-0.15, -0.1) is 0 Å². The molecule has 1 heterocycles. The van der Waals surface area contributed by atoms with Crippen molar-refractivity contribution < 1.29 is 4.74 Å². The van der Waals surface area contributed by atoms with E-state index in [0.717, 1.165) is 19.0 Å². The Kier molecular flexibility index (Phi) is 2.33. The molecule has 0 aromatic rings. The minimum atomic E-state index is -0.156. The van der Waals surface area contributed by atoms with Crippen LogP contribution in [0, 0.1) is 0 Å². The lowest BCUT2D eigenvalue weighted by Gasteiger charge is -2.41. The van der Waals surface area contributed by atoms with E-state index in [1.165, 1.54) is 0 Å². The van der Waals surface area contributed by atoms with Gasteiger partial charge in [-0.3, -0.25) is 0 Å². The molecule has 70 valence electrons. The monoisotopic (exact) mass is 170 g/mol. The first-order chi connectivity index (χ1) is 5.38. The molecule has 0 aromatic heterocycles. The standard InChI is InChI=1S/C9H18N2O/c1-7(12-9(2,3)4)11-5-8(10)6-11/h8H,1,5-6,10H2,2-4H3. The van der Waals surface area contributed by atoms with Crippen LogP contribution < -0.4 is 5.73 Å². The van der Waals surface area contributed by atoms with Crippen molar-refractivity contribution >= 4 is 0 Å². The van der Waals surface area contributed by atoms with Crippen molar-refractivity contribution in [2.45, 2.75) is 32.4 Å². The third kappa shape index (κ3) is 2.41. The van der Waals surface area contributed by atoms with Gasteiger partial charge in [-0.2, -0.15) is 0 Å². The zero-order valence-corrected chi connectivity index (χ0v) is 8.13. The summed E-state index contributed by atoms with van der Waals surface area (Å²) in [6.45, 7) is 11.6. The van der Waals surface area contributed by atoms with Crippen LogP contribution in [-0.4, -0.2) is 29.6 Å². The predicted octanol–water partition coefficient (Wildman–Crippen LogP) is 0.916. The summed E-state index contributed by atoms with van der Waals surface area (Å²) in [7, 11) is 0. The van der Waals surface area contributed by atoms with Crippen LogP contribution in [-0.2, 0) is 4.74 Å². The molecule has 1 fully saturated rings. The second-order valence-electron chi connectivity index (χ2n) is 4.27. The number of likely N-dealkylation sites (tertiary alicyclic amines) is 1. The number of ether oxygens (including phenoxy) is 1. The van der Waals surface area contributed by atoms with Crippen molar-refractivity contribution in [1.82, 2.24) is 4.90 Å². The van der Waals surface area contributed by atoms with E-state index in [1.807, 2.05) is 20.8 Å². The molecule has 2 N–H and O–H groups in total. The van der Waals surface area contributed by atoms with Crippen molar-refractivity contribution in [3.8, 4) is 0 Å². The molecule has 0 atom stereocenters. The molecule has 1 saturated heterocycles. The van der Waals surface area contributed by atoms with Gasteiger partial charge in [0.05, 0.1) is 0 Å². The van der Waals surface area contributed by atoms with Crippen LogP contribution in [0.1, 0.15) is 20.8 Å². The molecule has 0 radical (unpaired) electrons. The summed E-state index contributed by atoms with van der Waals surface area (Å²) in [5.41, 5.74) is 5.48. The van der Waals surface area contributed by atoms with Crippen LogP contribution in [0.15, 0.2) is 12.5 Å². The SMILES string of the molecule is C=C(OC(C)(C)C)N1CC(N)C1. The highest BCUT2D eigenvalue weighted by Crippen LogP contribution is 2.19. The first-order valence-corrected chi connectivity index (χ1v) is 4.27. The highest BCUT2D eigenvalue weighted by Gasteiger charge is 2.26. The van der Waals surface area contributed by atoms with Gasteiger partial charge in [0, 0.05) is 19.1 Å². The first-order valence-electron chi connectivity index (χ1n) is 4.27. The largest absolute Gasteiger partial charge is 0.474 e. The van der Waals surface area contributed by atoms with E-state index in [2.05, 4.69) is 11.5 Å². The molecule has 0 bridgehead atoms. The molecule has 1 aliphatic heterocycles.